The summed E-state index contributed by atoms with van der Waals surface area (Å²) in [6.45, 7) is 0.397. The number of carbonyl (C=O) groups is 2. The topological polar surface area (TPSA) is 98.3 Å². The van der Waals surface area contributed by atoms with E-state index < -0.39 is 5.97 Å². The highest BCUT2D eigenvalue weighted by atomic mass is 16.4. The number of imidazole rings is 1. The van der Waals surface area contributed by atoms with Gasteiger partial charge in [0, 0.05) is 25.5 Å². The molecule has 7 heteroatoms. The number of nitrogens with one attached hydrogen (secondary N) is 2. The quantitative estimate of drug-likeness (QED) is 0.750. The second-order valence-corrected chi connectivity index (χ2v) is 4.89. The van der Waals surface area contributed by atoms with Crippen LogP contribution >= 0.6 is 0 Å². The lowest BCUT2D eigenvalue weighted by molar-refractivity contribution is -0.141. The molecule has 2 rings (SSSR count). The number of urea groups is 1. The predicted molar refractivity (Wildman–Crippen MR) is 67.4 cm³/mol. The van der Waals surface area contributed by atoms with Crippen molar-refractivity contribution in [2.45, 2.75) is 31.8 Å². The van der Waals surface area contributed by atoms with Crippen molar-refractivity contribution in [2.75, 3.05) is 7.05 Å². The average molecular weight is 266 g/mol. The van der Waals surface area contributed by atoms with Gasteiger partial charge in [-0.2, -0.15) is 0 Å². The Morgan fingerprint density at radius 2 is 2.37 bits per heavy atom. The molecule has 0 unspecified atom stereocenters. The number of rotatable bonds is 4. The van der Waals surface area contributed by atoms with Gasteiger partial charge in [-0.25, -0.2) is 9.78 Å². The molecule has 0 aromatic carbocycles. The van der Waals surface area contributed by atoms with Crippen molar-refractivity contribution in [3.63, 3.8) is 0 Å². The first kappa shape index (κ1) is 13.4. The van der Waals surface area contributed by atoms with Crippen LogP contribution in [0.25, 0.3) is 0 Å². The molecule has 0 radical (unpaired) electrons. The molecular formula is C12H18N4O3. The summed E-state index contributed by atoms with van der Waals surface area (Å²) in [5.74, 6) is -0.395. The lowest BCUT2D eigenvalue weighted by Gasteiger charge is -2.20. The maximum atomic E-state index is 11.9. The van der Waals surface area contributed by atoms with Gasteiger partial charge in [0.15, 0.2) is 0 Å². The first-order valence-corrected chi connectivity index (χ1v) is 6.29. The SMILES string of the molecule is CN(Cc1ncc[nH]1)C(=O)N[C@H]1CC[C@@H](C(=O)O)C1. The molecule has 7 nitrogen and oxygen atoms in total. The van der Waals surface area contributed by atoms with Gasteiger partial charge in [-0.05, 0) is 19.3 Å². The van der Waals surface area contributed by atoms with Crippen LogP contribution in [-0.4, -0.2) is 45.1 Å². The fourth-order valence-electron chi connectivity index (χ4n) is 2.30. The van der Waals surface area contributed by atoms with Crippen molar-refractivity contribution >= 4 is 12.0 Å². The zero-order valence-corrected chi connectivity index (χ0v) is 10.8. The molecule has 1 saturated carbocycles. The molecule has 0 bridgehead atoms. The fourth-order valence-corrected chi connectivity index (χ4v) is 2.30. The molecule has 1 aromatic heterocycles. The third kappa shape index (κ3) is 3.46. The van der Waals surface area contributed by atoms with Crippen molar-refractivity contribution < 1.29 is 14.7 Å². The van der Waals surface area contributed by atoms with Crippen LogP contribution in [0.2, 0.25) is 0 Å². The Morgan fingerprint density at radius 3 is 2.95 bits per heavy atom. The Morgan fingerprint density at radius 1 is 1.58 bits per heavy atom. The van der Waals surface area contributed by atoms with E-state index in [1.165, 1.54) is 4.90 Å². The minimum Gasteiger partial charge on any atom is -0.481 e. The third-order valence-corrected chi connectivity index (χ3v) is 3.40. The van der Waals surface area contributed by atoms with E-state index in [2.05, 4.69) is 15.3 Å². The molecule has 0 aliphatic heterocycles. The van der Waals surface area contributed by atoms with Gasteiger partial charge >= 0.3 is 12.0 Å². The largest absolute Gasteiger partial charge is 0.481 e. The van der Waals surface area contributed by atoms with Crippen LogP contribution in [0, 0.1) is 5.92 Å². The standard InChI is InChI=1S/C12H18N4O3/c1-16(7-10-13-4-5-14-10)12(19)15-9-3-2-8(6-9)11(17)18/h4-5,8-9H,2-3,6-7H2,1H3,(H,13,14)(H,15,19)(H,17,18)/t8-,9+/m1/s1. The van der Waals surface area contributed by atoms with Gasteiger partial charge in [0.1, 0.15) is 5.82 Å². The van der Waals surface area contributed by atoms with E-state index in [0.29, 0.717) is 25.2 Å². The van der Waals surface area contributed by atoms with Crippen LogP contribution in [0.15, 0.2) is 12.4 Å². The number of aromatic nitrogens is 2. The zero-order chi connectivity index (χ0) is 13.8. The van der Waals surface area contributed by atoms with Crippen molar-refractivity contribution in [3.05, 3.63) is 18.2 Å². The number of amides is 2. The molecule has 104 valence electrons. The molecule has 0 saturated heterocycles. The van der Waals surface area contributed by atoms with Crippen LogP contribution in [0.4, 0.5) is 4.79 Å². The first-order valence-electron chi connectivity index (χ1n) is 6.29. The Kier molecular flexibility index (Phi) is 4.03. The molecule has 3 N–H and O–H groups in total. The normalized spacial score (nSPS) is 22.2. The summed E-state index contributed by atoms with van der Waals surface area (Å²) in [5.41, 5.74) is 0. The molecule has 1 heterocycles. The molecule has 0 spiro atoms. The maximum absolute atomic E-state index is 11.9. The smallest absolute Gasteiger partial charge is 0.317 e. The van der Waals surface area contributed by atoms with E-state index in [4.69, 9.17) is 5.11 Å². The summed E-state index contributed by atoms with van der Waals surface area (Å²) in [7, 11) is 1.68. The number of H-pyrrole nitrogens is 1. The highest BCUT2D eigenvalue weighted by Crippen LogP contribution is 2.25. The van der Waals surface area contributed by atoms with Crippen LogP contribution in [0.1, 0.15) is 25.1 Å². The van der Waals surface area contributed by atoms with Crippen molar-refractivity contribution in [1.82, 2.24) is 20.2 Å². The van der Waals surface area contributed by atoms with Crippen LogP contribution in [-0.2, 0) is 11.3 Å². The minimum atomic E-state index is -0.777. The van der Waals surface area contributed by atoms with Gasteiger partial charge in [0.25, 0.3) is 0 Å². The van der Waals surface area contributed by atoms with E-state index in [9.17, 15) is 9.59 Å². The minimum absolute atomic E-state index is 0.0485. The zero-order valence-electron chi connectivity index (χ0n) is 10.8. The number of carboxylic acid groups (broad SMARTS) is 1. The summed E-state index contributed by atoms with van der Waals surface area (Å²) in [6, 6.07) is -0.250. The Bertz CT molecular complexity index is 446. The number of aliphatic carboxylic acids is 1. The highest BCUT2D eigenvalue weighted by molar-refractivity contribution is 5.75. The number of aromatic amines is 1. The van der Waals surface area contributed by atoms with Crippen molar-refractivity contribution in [1.29, 1.82) is 0 Å². The van der Waals surface area contributed by atoms with Gasteiger partial charge in [0.2, 0.25) is 0 Å². The number of carboxylic acids is 1. The molecule has 1 aliphatic rings. The van der Waals surface area contributed by atoms with E-state index in [1.807, 2.05) is 0 Å². The van der Waals surface area contributed by atoms with Gasteiger partial charge < -0.3 is 20.3 Å². The van der Waals surface area contributed by atoms with E-state index in [0.717, 1.165) is 6.42 Å². The van der Waals surface area contributed by atoms with Crippen molar-refractivity contribution in [2.24, 2.45) is 5.92 Å². The highest BCUT2D eigenvalue weighted by Gasteiger charge is 2.31. The summed E-state index contributed by atoms with van der Waals surface area (Å²) in [5, 5.41) is 11.8. The van der Waals surface area contributed by atoms with Gasteiger partial charge in [0.05, 0.1) is 12.5 Å². The fraction of sp³-hybridized carbons (Fsp3) is 0.583. The van der Waals surface area contributed by atoms with Crippen LogP contribution < -0.4 is 5.32 Å². The second-order valence-electron chi connectivity index (χ2n) is 4.89. The third-order valence-electron chi connectivity index (χ3n) is 3.40. The molecule has 2 atom stereocenters. The Hall–Kier alpha value is -2.05. The predicted octanol–water partition coefficient (Wildman–Crippen LogP) is 0.804. The van der Waals surface area contributed by atoms with E-state index in [1.54, 1.807) is 19.4 Å². The monoisotopic (exact) mass is 266 g/mol. The molecular weight excluding hydrogens is 248 g/mol. The van der Waals surface area contributed by atoms with E-state index >= 15 is 0 Å². The molecule has 19 heavy (non-hydrogen) atoms. The van der Waals surface area contributed by atoms with E-state index in [-0.39, 0.29) is 18.0 Å². The number of carbonyl (C=O) groups excluding carboxylic acids is 1. The van der Waals surface area contributed by atoms with Crippen LogP contribution in [0.5, 0.6) is 0 Å². The van der Waals surface area contributed by atoms with Gasteiger partial charge in [-0.15, -0.1) is 0 Å². The lowest BCUT2D eigenvalue weighted by atomic mass is 10.1. The van der Waals surface area contributed by atoms with Crippen LogP contribution in [0.3, 0.4) is 0 Å². The molecule has 1 fully saturated rings. The average Bonchev–Trinajstić information content (AvgIpc) is 2.99. The van der Waals surface area contributed by atoms with Crippen molar-refractivity contribution in [3.8, 4) is 0 Å². The molecule has 1 aliphatic carbocycles. The summed E-state index contributed by atoms with van der Waals surface area (Å²) in [6.07, 6.45) is 5.19. The Balaban J connectivity index is 1.79. The summed E-state index contributed by atoms with van der Waals surface area (Å²) >= 11 is 0. The Labute approximate surface area is 111 Å². The van der Waals surface area contributed by atoms with Gasteiger partial charge in [-0.3, -0.25) is 4.79 Å². The number of nitrogens with zero attached hydrogens (tertiary/aromatic N) is 2. The molecule has 1 aromatic rings. The summed E-state index contributed by atoms with van der Waals surface area (Å²) in [4.78, 5) is 31.3. The summed E-state index contributed by atoms with van der Waals surface area (Å²) < 4.78 is 0. The number of hydrogen-bond donors (Lipinski definition) is 3. The second kappa shape index (κ2) is 5.73. The first-order chi connectivity index (χ1) is 9.06. The number of hydrogen-bond acceptors (Lipinski definition) is 3. The molecule has 2 amide bonds. The maximum Gasteiger partial charge on any atom is 0.317 e. The van der Waals surface area contributed by atoms with Gasteiger partial charge in [-0.1, -0.05) is 0 Å². The lowest BCUT2D eigenvalue weighted by Crippen LogP contribution is -2.42.